The normalized spacial score (nSPS) is 14.7. The maximum absolute atomic E-state index is 12.2. The molecule has 1 aliphatic heterocycles. The van der Waals surface area contributed by atoms with Crippen LogP contribution in [-0.2, 0) is 10.2 Å². The highest BCUT2D eigenvalue weighted by molar-refractivity contribution is 5.90. The number of nitrogens with one attached hydrogen (secondary N) is 1. The van der Waals surface area contributed by atoms with Gasteiger partial charge >= 0.3 is 0 Å². The standard InChI is InChI=1S/C25H32N4O4/c1-25(2,3)20-8-11-22(12-9-20)33-18-24(30)27-26-17-19-16-21(29(31)32)10-13-23(19)28-14-6-4-5-7-15-28/h8-13,16-17H,4-7,14-15,18H2,1-3H3,(H,27,30)/b26-17+. The van der Waals surface area contributed by atoms with Crippen molar-refractivity contribution in [1.82, 2.24) is 5.43 Å². The van der Waals surface area contributed by atoms with Gasteiger partial charge in [-0.15, -0.1) is 0 Å². The molecule has 2 aromatic carbocycles. The van der Waals surface area contributed by atoms with Crippen molar-refractivity contribution in [3.05, 3.63) is 63.7 Å². The molecule has 8 heteroatoms. The number of benzene rings is 2. The number of nitro groups is 1. The van der Waals surface area contributed by atoms with Crippen LogP contribution in [0.5, 0.6) is 5.75 Å². The van der Waals surface area contributed by atoms with Crippen molar-refractivity contribution in [1.29, 1.82) is 0 Å². The second-order valence-corrected chi connectivity index (χ2v) is 9.26. The molecule has 1 heterocycles. The van der Waals surface area contributed by atoms with Gasteiger partial charge in [-0.3, -0.25) is 14.9 Å². The Hall–Kier alpha value is -3.42. The van der Waals surface area contributed by atoms with Crippen LogP contribution in [0.1, 0.15) is 57.6 Å². The van der Waals surface area contributed by atoms with Crippen molar-refractivity contribution >= 4 is 23.5 Å². The van der Waals surface area contributed by atoms with E-state index >= 15 is 0 Å². The smallest absolute Gasteiger partial charge is 0.277 e. The number of carbonyl (C=O) groups excluding carboxylic acids is 1. The van der Waals surface area contributed by atoms with Crippen LogP contribution >= 0.6 is 0 Å². The van der Waals surface area contributed by atoms with Crippen molar-refractivity contribution in [2.24, 2.45) is 5.10 Å². The fourth-order valence-corrected chi connectivity index (χ4v) is 3.76. The van der Waals surface area contributed by atoms with Crippen LogP contribution in [0.4, 0.5) is 11.4 Å². The second kappa shape index (κ2) is 10.9. The number of nitro benzene ring substituents is 1. The van der Waals surface area contributed by atoms with Crippen molar-refractivity contribution in [3.8, 4) is 5.75 Å². The van der Waals surface area contributed by atoms with Crippen molar-refractivity contribution < 1.29 is 14.5 Å². The highest BCUT2D eigenvalue weighted by Crippen LogP contribution is 2.27. The summed E-state index contributed by atoms with van der Waals surface area (Å²) in [5.41, 5.74) is 5.15. The number of hydrogen-bond acceptors (Lipinski definition) is 6. The van der Waals surface area contributed by atoms with Crippen LogP contribution in [0.2, 0.25) is 0 Å². The molecule has 0 radical (unpaired) electrons. The van der Waals surface area contributed by atoms with Gasteiger partial charge in [0.1, 0.15) is 5.75 Å². The quantitative estimate of drug-likeness (QED) is 0.370. The van der Waals surface area contributed by atoms with Gasteiger partial charge in [0.15, 0.2) is 6.61 Å². The van der Waals surface area contributed by atoms with Crippen LogP contribution in [0, 0.1) is 10.1 Å². The van der Waals surface area contributed by atoms with Gasteiger partial charge in [0.05, 0.1) is 11.1 Å². The number of hydrazone groups is 1. The molecule has 3 rings (SSSR count). The third kappa shape index (κ3) is 7.03. The largest absolute Gasteiger partial charge is 0.484 e. The number of carbonyl (C=O) groups is 1. The molecule has 0 atom stereocenters. The van der Waals surface area contributed by atoms with Crippen molar-refractivity contribution in [2.75, 3.05) is 24.6 Å². The van der Waals surface area contributed by atoms with E-state index < -0.39 is 10.8 Å². The summed E-state index contributed by atoms with van der Waals surface area (Å²) in [6, 6.07) is 12.4. The van der Waals surface area contributed by atoms with Crippen LogP contribution in [-0.4, -0.2) is 36.7 Å². The fourth-order valence-electron chi connectivity index (χ4n) is 3.76. The molecule has 0 spiro atoms. The first-order chi connectivity index (χ1) is 15.7. The van der Waals surface area contributed by atoms with E-state index in [1.165, 1.54) is 36.8 Å². The molecule has 1 saturated heterocycles. The maximum Gasteiger partial charge on any atom is 0.277 e. The lowest BCUT2D eigenvalue weighted by molar-refractivity contribution is -0.384. The zero-order valence-corrected chi connectivity index (χ0v) is 19.5. The lowest BCUT2D eigenvalue weighted by Crippen LogP contribution is -2.26. The third-order valence-corrected chi connectivity index (χ3v) is 5.65. The van der Waals surface area contributed by atoms with Gasteiger partial charge < -0.3 is 9.64 Å². The summed E-state index contributed by atoms with van der Waals surface area (Å²) in [4.78, 5) is 25.2. The number of non-ortho nitro benzene ring substituents is 1. The van der Waals surface area contributed by atoms with Gasteiger partial charge in [-0.05, 0) is 42.0 Å². The first kappa shape index (κ1) is 24.2. The van der Waals surface area contributed by atoms with Crippen molar-refractivity contribution in [2.45, 2.75) is 51.9 Å². The van der Waals surface area contributed by atoms with Gasteiger partial charge in [0.2, 0.25) is 0 Å². The van der Waals surface area contributed by atoms with E-state index in [0.717, 1.165) is 31.6 Å². The fraction of sp³-hybridized carbons (Fsp3) is 0.440. The van der Waals surface area contributed by atoms with Gasteiger partial charge in [-0.25, -0.2) is 5.43 Å². The molecule has 1 N–H and O–H groups in total. The van der Waals surface area contributed by atoms with Crippen LogP contribution in [0.3, 0.4) is 0 Å². The zero-order chi connectivity index (χ0) is 23.8. The molecule has 1 amide bonds. The van der Waals surface area contributed by atoms with E-state index in [9.17, 15) is 14.9 Å². The molecule has 176 valence electrons. The monoisotopic (exact) mass is 452 g/mol. The molecule has 2 aromatic rings. The summed E-state index contributed by atoms with van der Waals surface area (Å²) in [5.74, 6) is 0.192. The minimum Gasteiger partial charge on any atom is -0.484 e. The number of rotatable bonds is 7. The Labute approximate surface area is 194 Å². The topological polar surface area (TPSA) is 97.1 Å². The Morgan fingerprint density at radius 1 is 1.12 bits per heavy atom. The predicted molar refractivity (Wildman–Crippen MR) is 130 cm³/mol. The van der Waals surface area contributed by atoms with E-state index in [0.29, 0.717) is 11.3 Å². The second-order valence-electron chi connectivity index (χ2n) is 9.26. The SMILES string of the molecule is CC(C)(C)c1ccc(OCC(=O)N/N=C/c2cc([N+](=O)[O-])ccc2N2CCCCCC2)cc1. The van der Waals surface area contributed by atoms with Crippen LogP contribution < -0.4 is 15.1 Å². The lowest BCUT2D eigenvalue weighted by Gasteiger charge is -2.24. The number of nitrogens with zero attached hydrogens (tertiary/aromatic N) is 3. The summed E-state index contributed by atoms with van der Waals surface area (Å²) in [6.45, 7) is 8.01. The summed E-state index contributed by atoms with van der Waals surface area (Å²) in [5, 5.41) is 15.3. The molecule has 0 saturated carbocycles. The highest BCUT2D eigenvalue weighted by Gasteiger charge is 2.17. The number of ether oxygens (including phenoxy) is 1. The Kier molecular flexibility index (Phi) is 8.03. The first-order valence-corrected chi connectivity index (χ1v) is 11.3. The van der Waals surface area contributed by atoms with E-state index in [2.05, 4.69) is 36.2 Å². The Morgan fingerprint density at radius 2 is 1.79 bits per heavy atom. The molecular weight excluding hydrogens is 420 g/mol. The van der Waals surface area contributed by atoms with Crippen LogP contribution in [0.15, 0.2) is 47.6 Å². The van der Waals surface area contributed by atoms with Gasteiger partial charge in [0.25, 0.3) is 11.6 Å². The zero-order valence-electron chi connectivity index (χ0n) is 19.5. The molecule has 0 unspecified atom stereocenters. The molecule has 0 aromatic heterocycles. The summed E-state index contributed by atoms with van der Waals surface area (Å²) >= 11 is 0. The summed E-state index contributed by atoms with van der Waals surface area (Å²) < 4.78 is 5.54. The Balaban J connectivity index is 1.62. The average Bonchev–Trinajstić information content (AvgIpc) is 3.07. The van der Waals surface area contributed by atoms with E-state index in [1.54, 1.807) is 6.07 Å². The van der Waals surface area contributed by atoms with E-state index in [-0.39, 0.29) is 17.7 Å². The van der Waals surface area contributed by atoms with Gasteiger partial charge in [0, 0.05) is 36.5 Å². The lowest BCUT2D eigenvalue weighted by atomic mass is 9.87. The third-order valence-electron chi connectivity index (χ3n) is 5.65. The van der Waals surface area contributed by atoms with E-state index in [4.69, 9.17) is 4.74 Å². The summed E-state index contributed by atoms with van der Waals surface area (Å²) in [6.07, 6.45) is 5.99. The Bertz CT molecular complexity index is 988. The minimum absolute atomic E-state index is 0.0108. The number of amides is 1. The molecule has 8 nitrogen and oxygen atoms in total. The molecule has 33 heavy (non-hydrogen) atoms. The molecule has 1 aliphatic rings. The van der Waals surface area contributed by atoms with Gasteiger partial charge in [-0.2, -0.15) is 5.10 Å². The summed E-state index contributed by atoms with van der Waals surface area (Å²) in [7, 11) is 0. The molecule has 1 fully saturated rings. The Morgan fingerprint density at radius 3 is 2.39 bits per heavy atom. The minimum atomic E-state index is -0.430. The molecule has 0 bridgehead atoms. The first-order valence-electron chi connectivity index (χ1n) is 11.3. The maximum atomic E-state index is 12.2. The number of anilines is 1. The highest BCUT2D eigenvalue weighted by atomic mass is 16.6. The average molecular weight is 453 g/mol. The molecule has 0 aliphatic carbocycles. The van der Waals surface area contributed by atoms with Gasteiger partial charge in [-0.1, -0.05) is 45.7 Å². The predicted octanol–water partition coefficient (Wildman–Crippen LogP) is 4.80. The van der Waals surface area contributed by atoms with Crippen LogP contribution in [0.25, 0.3) is 0 Å². The number of hydrogen-bond donors (Lipinski definition) is 1. The van der Waals surface area contributed by atoms with E-state index in [1.807, 2.05) is 24.3 Å². The van der Waals surface area contributed by atoms with Crippen molar-refractivity contribution in [3.63, 3.8) is 0 Å². The molecular formula is C25H32N4O4.